The highest BCUT2D eigenvalue weighted by molar-refractivity contribution is 6.30. The van der Waals surface area contributed by atoms with Crippen molar-refractivity contribution in [3.63, 3.8) is 0 Å². The van der Waals surface area contributed by atoms with E-state index >= 15 is 0 Å². The SMILES string of the molecule is CC(CC(=O)O)CC(=O)N[C@@H](C)c1ccc(Cl)cc1. The molecule has 0 aliphatic carbocycles. The third kappa shape index (κ3) is 5.75. The standard InChI is InChI=1S/C14H18ClNO3/c1-9(8-14(18)19)7-13(17)16-10(2)11-3-5-12(15)6-4-11/h3-6,9-10H,7-8H2,1-2H3,(H,16,17)(H,18,19)/t9?,10-/m0/s1. The largest absolute Gasteiger partial charge is 0.481 e. The number of carboxylic acids is 1. The van der Waals surface area contributed by atoms with Crippen LogP contribution in [0.2, 0.25) is 5.02 Å². The average Bonchev–Trinajstić information content (AvgIpc) is 2.27. The van der Waals surface area contributed by atoms with E-state index in [1.807, 2.05) is 19.1 Å². The molecule has 0 aromatic heterocycles. The van der Waals surface area contributed by atoms with Gasteiger partial charge in [0.25, 0.3) is 0 Å². The molecule has 19 heavy (non-hydrogen) atoms. The fourth-order valence-electron chi connectivity index (χ4n) is 1.82. The predicted molar refractivity (Wildman–Crippen MR) is 74.0 cm³/mol. The highest BCUT2D eigenvalue weighted by atomic mass is 35.5. The Hall–Kier alpha value is -1.55. The Bertz CT molecular complexity index is 445. The van der Waals surface area contributed by atoms with E-state index in [1.165, 1.54) is 0 Å². The number of nitrogens with one attached hydrogen (secondary N) is 1. The lowest BCUT2D eigenvalue weighted by molar-refractivity contribution is -0.138. The lowest BCUT2D eigenvalue weighted by atomic mass is 10.0. The molecule has 0 saturated heterocycles. The number of aliphatic carboxylic acids is 1. The van der Waals surface area contributed by atoms with E-state index in [2.05, 4.69) is 5.32 Å². The van der Waals surface area contributed by atoms with Gasteiger partial charge in [-0.3, -0.25) is 9.59 Å². The second-order valence-electron chi connectivity index (χ2n) is 4.75. The number of carbonyl (C=O) groups is 2. The number of hydrogen-bond acceptors (Lipinski definition) is 2. The maximum atomic E-state index is 11.8. The van der Waals surface area contributed by atoms with E-state index in [0.717, 1.165) is 5.56 Å². The van der Waals surface area contributed by atoms with Gasteiger partial charge in [-0.05, 0) is 30.5 Å². The monoisotopic (exact) mass is 283 g/mol. The maximum Gasteiger partial charge on any atom is 0.303 e. The van der Waals surface area contributed by atoms with Gasteiger partial charge in [-0.2, -0.15) is 0 Å². The summed E-state index contributed by atoms with van der Waals surface area (Å²) in [5.41, 5.74) is 0.962. The van der Waals surface area contributed by atoms with Crippen LogP contribution in [0.1, 0.15) is 38.3 Å². The molecule has 1 aromatic rings. The molecule has 104 valence electrons. The zero-order valence-electron chi connectivity index (χ0n) is 11.0. The summed E-state index contributed by atoms with van der Waals surface area (Å²) in [6, 6.07) is 7.13. The van der Waals surface area contributed by atoms with Crippen molar-refractivity contribution in [2.75, 3.05) is 0 Å². The minimum atomic E-state index is -0.883. The first-order valence-corrected chi connectivity index (χ1v) is 6.53. The normalized spacial score (nSPS) is 13.6. The van der Waals surface area contributed by atoms with Crippen LogP contribution in [0.25, 0.3) is 0 Å². The average molecular weight is 284 g/mol. The quantitative estimate of drug-likeness (QED) is 0.843. The molecule has 0 spiro atoms. The van der Waals surface area contributed by atoms with Crippen LogP contribution in [0.5, 0.6) is 0 Å². The van der Waals surface area contributed by atoms with Gasteiger partial charge in [-0.1, -0.05) is 30.7 Å². The number of rotatable bonds is 6. The molecule has 1 aromatic carbocycles. The Balaban J connectivity index is 2.47. The van der Waals surface area contributed by atoms with Crippen molar-refractivity contribution in [2.24, 2.45) is 5.92 Å². The molecule has 0 saturated carbocycles. The Morgan fingerprint density at radius 3 is 2.32 bits per heavy atom. The van der Waals surface area contributed by atoms with Crippen molar-refractivity contribution >= 4 is 23.5 Å². The molecule has 0 aliphatic rings. The fourth-order valence-corrected chi connectivity index (χ4v) is 1.95. The lowest BCUT2D eigenvalue weighted by Gasteiger charge is -2.16. The minimum absolute atomic E-state index is 0.00272. The third-order valence-electron chi connectivity index (χ3n) is 2.80. The Labute approximate surface area is 117 Å². The van der Waals surface area contributed by atoms with Gasteiger partial charge in [0.05, 0.1) is 6.04 Å². The second kappa shape index (κ2) is 7.14. The molecule has 1 amide bonds. The van der Waals surface area contributed by atoms with Gasteiger partial charge >= 0.3 is 5.97 Å². The van der Waals surface area contributed by atoms with E-state index in [1.54, 1.807) is 19.1 Å². The highest BCUT2D eigenvalue weighted by Gasteiger charge is 2.15. The van der Waals surface area contributed by atoms with Crippen LogP contribution >= 0.6 is 11.6 Å². The van der Waals surface area contributed by atoms with E-state index < -0.39 is 5.97 Å². The summed E-state index contributed by atoms with van der Waals surface area (Å²) in [5.74, 6) is -1.20. The van der Waals surface area contributed by atoms with Crippen LogP contribution in [-0.2, 0) is 9.59 Å². The summed E-state index contributed by atoms with van der Waals surface area (Å²) >= 11 is 5.80. The summed E-state index contributed by atoms with van der Waals surface area (Å²) in [7, 11) is 0. The Morgan fingerprint density at radius 2 is 1.79 bits per heavy atom. The van der Waals surface area contributed by atoms with Crippen LogP contribution in [0.4, 0.5) is 0 Å². The molecular formula is C14H18ClNO3. The van der Waals surface area contributed by atoms with Crippen molar-refractivity contribution in [1.29, 1.82) is 0 Å². The van der Waals surface area contributed by atoms with E-state index in [9.17, 15) is 9.59 Å². The van der Waals surface area contributed by atoms with Crippen LogP contribution in [0, 0.1) is 5.92 Å². The summed E-state index contributed by atoms with van der Waals surface area (Å²) < 4.78 is 0. The molecule has 0 heterocycles. The Kier molecular flexibility index (Phi) is 5.83. The summed E-state index contributed by atoms with van der Waals surface area (Å²) in [6.07, 6.45) is 0.215. The first-order chi connectivity index (χ1) is 8.88. The molecule has 1 unspecified atom stereocenters. The maximum absolute atomic E-state index is 11.8. The molecule has 0 radical (unpaired) electrons. The van der Waals surface area contributed by atoms with Crippen LogP contribution < -0.4 is 5.32 Å². The molecule has 2 N–H and O–H groups in total. The van der Waals surface area contributed by atoms with E-state index in [4.69, 9.17) is 16.7 Å². The number of amides is 1. The molecule has 0 aliphatic heterocycles. The van der Waals surface area contributed by atoms with E-state index in [0.29, 0.717) is 5.02 Å². The van der Waals surface area contributed by atoms with Crippen molar-refractivity contribution < 1.29 is 14.7 Å². The van der Waals surface area contributed by atoms with Crippen molar-refractivity contribution in [3.8, 4) is 0 Å². The lowest BCUT2D eigenvalue weighted by Crippen LogP contribution is -2.28. The molecule has 1 rings (SSSR count). The van der Waals surface area contributed by atoms with Gasteiger partial charge in [0.15, 0.2) is 0 Å². The van der Waals surface area contributed by atoms with Crippen LogP contribution in [-0.4, -0.2) is 17.0 Å². The van der Waals surface area contributed by atoms with Gasteiger partial charge in [-0.25, -0.2) is 0 Å². The van der Waals surface area contributed by atoms with Crippen LogP contribution in [0.15, 0.2) is 24.3 Å². The van der Waals surface area contributed by atoms with Gasteiger partial charge in [0, 0.05) is 17.9 Å². The zero-order chi connectivity index (χ0) is 14.4. The summed E-state index contributed by atoms with van der Waals surface area (Å²) in [6.45, 7) is 3.63. The number of benzene rings is 1. The van der Waals surface area contributed by atoms with Crippen molar-refractivity contribution in [2.45, 2.75) is 32.7 Å². The van der Waals surface area contributed by atoms with Gasteiger partial charge in [0.1, 0.15) is 0 Å². The third-order valence-corrected chi connectivity index (χ3v) is 3.06. The van der Waals surface area contributed by atoms with Crippen molar-refractivity contribution in [3.05, 3.63) is 34.9 Å². The van der Waals surface area contributed by atoms with E-state index in [-0.39, 0.29) is 30.7 Å². The van der Waals surface area contributed by atoms with Gasteiger partial charge < -0.3 is 10.4 Å². The minimum Gasteiger partial charge on any atom is -0.481 e. The first kappa shape index (κ1) is 15.5. The van der Waals surface area contributed by atoms with Crippen LogP contribution in [0.3, 0.4) is 0 Å². The number of halogens is 1. The molecule has 5 heteroatoms. The molecule has 0 fully saturated rings. The molecule has 0 bridgehead atoms. The zero-order valence-corrected chi connectivity index (χ0v) is 11.8. The number of carbonyl (C=O) groups excluding carboxylic acids is 1. The molecular weight excluding hydrogens is 266 g/mol. The summed E-state index contributed by atoms with van der Waals surface area (Å²) in [4.78, 5) is 22.3. The number of carboxylic acid groups (broad SMARTS) is 1. The van der Waals surface area contributed by atoms with Gasteiger partial charge in [-0.15, -0.1) is 0 Å². The first-order valence-electron chi connectivity index (χ1n) is 6.15. The fraction of sp³-hybridized carbons (Fsp3) is 0.429. The van der Waals surface area contributed by atoms with Crippen molar-refractivity contribution in [1.82, 2.24) is 5.32 Å². The van der Waals surface area contributed by atoms with Gasteiger partial charge in [0.2, 0.25) is 5.91 Å². The smallest absolute Gasteiger partial charge is 0.303 e. The predicted octanol–water partition coefficient (Wildman–Crippen LogP) is 3.02. The number of hydrogen-bond donors (Lipinski definition) is 2. The molecule has 4 nitrogen and oxygen atoms in total. The summed E-state index contributed by atoms with van der Waals surface area (Å²) in [5, 5.41) is 12.1. The second-order valence-corrected chi connectivity index (χ2v) is 5.18. The topological polar surface area (TPSA) is 66.4 Å². The Morgan fingerprint density at radius 1 is 1.21 bits per heavy atom. The highest BCUT2D eigenvalue weighted by Crippen LogP contribution is 2.16. The molecule has 2 atom stereocenters.